The smallest absolute Gasteiger partial charge is 0.275 e. The molecule has 0 saturated heterocycles. The molecule has 1 heterocycles. The number of carbonyl (C=O) groups is 2. The molecule has 1 aromatic heterocycles. The minimum atomic E-state index is -0.299. The molecule has 0 bridgehead atoms. The number of hydrogen-bond acceptors (Lipinski definition) is 5. The number of aromatic nitrogens is 2. The van der Waals surface area contributed by atoms with Gasteiger partial charge < -0.3 is 24.7 Å². The Kier molecular flexibility index (Phi) is 7.42. The Labute approximate surface area is 203 Å². The van der Waals surface area contributed by atoms with E-state index >= 15 is 0 Å². The first-order valence-corrected chi connectivity index (χ1v) is 11.0. The second-order valence-electron chi connectivity index (χ2n) is 7.89. The van der Waals surface area contributed by atoms with Crippen LogP contribution in [0.5, 0.6) is 11.5 Å². The maximum Gasteiger partial charge on any atom is 0.275 e. The summed E-state index contributed by atoms with van der Waals surface area (Å²) in [6.07, 6.45) is 3.59. The van der Waals surface area contributed by atoms with Crippen molar-refractivity contribution in [1.29, 1.82) is 0 Å². The van der Waals surface area contributed by atoms with Crippen LogP contribution in [-0.4, -0.2) is 35.6 Å². The summed E-state index contributed by atoms with van der Waals surface area (Å²) in [5.41, 5.74) is 3.58. The van der Waals surface area contributed by atoms with Crippen molar-refractivity contribution < 1.29 is 19.1 Å². The van der Waals surface area contributed by atoms with Gasteiger partial charge in [0.2, 0.25) is 5.91 Å². The van der Waals surface area contributed by atoms with E-state index in [2.05, 4.69) is 15.6 Å². The zero-order valence-corrected chi connectivity index (χ0v) is 19.5. The van der Waals surface area contributed by atoms with Crippen molar-refractivity contribution in [3.8, 4) is 11.5 Å². The van der Waals surface area contributed by atoms with Crippen molar-refractivity contribution in [3.05, 3.63) is 102 Å². The summed E-state index contributed by atoms with van der Waals surface area (Å²) in [6.45, 7) is 0.541. The normalized spacial score (nSPS) is 10.5. The van der Waals surface area contributed by atoms with Crippen LogP contribution in [0, 0.1) is 0 Å². The monoisotopic (exact) mass is 470 g/mol. The molecule has 0 saturated carbocycles. The quantitative estimate of drug-likeness (QED) is 0.379. The van der Waals surface area contributed by atoms with Gasteiger partial charge in [-0.3, -0.25) is 9.59 Å². The molecule has 35 heavy (non-hydrogen) atoms. The molecule has 0 atom stereocenters. The van der Waals surface area contributed by atoms with E-state index in [4.69, 9.17) is 9.47 Å². The van der Waals surface area contributed by atoms with Crippen LogP contribution in [-0.2, 0) is 17.8 Å². The lowest BCUT2D eigenvalue weighted by atomic mass is 10.1. The van der Waals surface area contributed by atoms with Crippen LogP contribution in [0.15, 0.2) is 85.3 Å². The maximum atomic E-state index is 12.5. The van der Waals surface area contributed by atoms with Crippen LogP contribution in [0.3, 0.4) is 0 Å². The molecule has 0 aliphatic carbocycles. The molecule has 178 valence electrons. The first-order chi connectivity index (χ1) is 17.0. The Hall–Kier alpha value is -4.59. The Balaban J connectivity index is 1.30. The van der Waals surface area contributed by atoms with E-state index < -0.39 is 0 Å². The fourth-order valence-corrected chi connectivity index (χ4v) is 3.50. The first-order valence-electron chi connectivity index (χ1n) is 11.0. The van der Waals surface area contributed by atoms with E-state index in [1.54, 1.807) is 44.9 Å². The maximum absolute atomic E-state index is 12.5. The number of nitrogens with one attached hydrogen (secondary N) is 2. The van der Waals surface area contributed by atoms with Crippen molar-refractivity contribution in [1.82, 2.24) is 9.55 Å². The van der Waals surface area contributed by atoms with Gasteiger partial charge in [0.1, 0.15) is 17.2 Å². The van der Waals surface area contributed by atoms with Gasteiger partial charge in [-0.1, -0.05) is 30.3 Å². The predicted octanol–water partition coefficient (Wildman–Crippen LogP) is 4.38. The van der Waals surface area contributed by atoms with Crippen LogP contribution < -0.4 is 20.1 Å². The number of ether oxygens (including phenoxy) is 2. The summed E-state index contributed by atoms with van der Waals surface area (Å²) in [5.74, 6) is 1.03. The van der Waals surface area contributed by atoms with Crippen LogP contribution in [0.2, 0.25) is 0 Å². The summed E-state index contributed by atoms with van der Waals surface area (Å²) in [4.78, 5) is 29.1. The van der Waals surface area contributed by atoms with Gasteiger partial charge >= 0.3 is 0 Å². The molecule has 8 heteroatoms. The summed E-state index contributed by atoms with van der Waals surface area (Å²) in [6, 6.07) is 22.1. The van der Waals surface area contributed by atoms with Crippen molar-refractivity contribution in [2.24, 2.45) is 0 Å². The standard InChI is InChI=1S/C27H26N4O4/c1-34-23-12-8-19(9-13-23)14-26(32)29-21-10-6-20(7-11-21)16-31-17-25(28-18-31)27(33)30-22-4-3-5-24(15-22)35-2/h3-13,15,17-18H,14,16H2,1-2H3,(H,29,32)(H,30,33). The van der Waals surface area contributed by atoms with Crippen LogP contribution in [0.4, 0.5) is 11.4 Å². The lowest BCUT2D eigenvalue weighted by Gasteiger charge is -2.08. The van der Waals surface area contributed by atoms with Gasteiger partial charge in [0.05, 0.1) is 27.0 Å². The SMILES string of the molecule is COc1ccc(CC(=O)Nc2ccc(Cn3cnc(C(=O)Nc4cccc(OC)c4)c3)cc2)cc1. The number of hydrogen-bond donors (Lipinski definition) is 2. The molecule has 0 aliphatic rings. The number of anilines is 2. The molecule has 0 unspecified atom stereocenters. The molecule has 4 aromatic rings. The van der Waals surface area contributed by atoms with E-state index in [1.165, 1.54) is 0 Å². The van der Waals surface area contributed by atoms with Gasteiger partial charge in [0.25, 0.3) is 5.91 Å². The van der Waals surface area contributed by atoms with Crippen LogP contribution >= 0.6 is 0 Å². The van der Waals surface area contributed by atoms with Gasteiger partial charge in [-0.2, -0.15) is 0 Å². The first kappa shape index (κ1) is 23.6. The molecule has 0 aliphatic heterocycles. The van der Waals surface area contributed by atoms with Gasteiger partial charge in [0.15, 0.2) is 0 Å². The molecule has 2 N–H and O–H groups in total. The van der Waals surface area contributed by atoms with Crippen LogP contribution in [0.1, 0.15) is 21.6 Å². The molecule has 2 amide bonds. The average Bonchev–Trinajstić information content (AvgIpc) is 3.34. The molecular weight excluding hydrogens is 444 g/mol. The molecular formula is C27H26N4O4. The van der Waals surface area contributed by atoms with Crippen molar-refractivity contribution >= 4 is 23.2 Å². The molecule has 0 radical (unpaired) electrons. The number of rotatable bonds is 9. The third-order valence-electron chi connectivity index (χ3n) is 5.32. The molecule has 8 nitrogen and oxygen atoms in total. The molecule has 0 spiro atoms. The minimum Gasteiger partial charge on any atom is -0.497 e. The Morgan fingerprint density at radius 2 is 1.54 bits per heavy atom. The number of amides is 2. The third-order valence-corrected chi connectivity index (χ3v) is 5.32. The zero-order chi connectivity index (χ0) is 24.6. The second kappa shape index (κ2) is 11.0. The Morgan fingerprint density at radius 1 is 0.829 bits per heavy atom. The third kappa shape index (κ3) is 6.48. The number of nitrogens with zero attached hydrogens (tertiary/aromatic N) is 2. The van der Waals surface area contributed by atoms with E-state index in [9.17, 15) is 9.59 Å². The summed E-state index contributed by atoms with van der Waals surface area (Å²) >= 11 is 0. The number of carbonyl (C=O) groups excluding carboxylic acids is 2. The second-order valence-corrected chi connectivity index (χ2v) is 7.89. The topological polar surface area (TPSA) is 94.5 Å². The fraction of sp³-hybridized carbons (Fsp3) is 0.148. The fourth-order valence-electron chi connectivity index (χ4n) is 3.50. The number of imidazole rings is 1. The number of benzene rings is 3. The highest BCUT2D eigenvalue weighted by atomic mass is 16.5. The highest BCUT2D eigenvalue weighted by molar-refractivity contribution is 6.02. The van der Waals surface area contributed by atoms with Crippen molar-refractivity contribution in [2.75, 3.05) is 24.9 Å². The molecule has 4 rings (SSSR count). The van der Waals surface area contributed by atoms with Crippen molar-refractivity contribution in [2.45, 2.75) is 13.0 Å². The minimum absolute atomic E-state index is 0.0933. The van der Waals surface area contributed by atoms with Gasteiger partial charge in [0, 0.05) is 30.2 Å². The average molecular weight is 471 g/mol. The zero-order valence-electron chi connectivity index (χ0n) is 19.5. The predicted molar refractivity (Wildman–Crippen MR) is 134 cm³/mol. The largest absolute Gasteiger partial charge is 0.497 e. The van der Waals surface area contributed by atoms with E-state index in [1.807, 2.05) is 59.2 Å². The summed E-state index contributed by atoms with van der Waals surface area (Å²) in [5, 5.41) is 5.73. The van der Waals surface area contributed by atoms with E-state index in [-0.39, 0.29) is 18.2 Å². The van der Waals surface area contributed by atoms with Crippen molar-refractivity contribution in [3.63, 3.8) is 0 Å². The van der Waals surface area contributed by atoms with E-state index in [0.717, 1.165) is 22.6 Å². The highest BCUT2D eigenvalue weighted by Crippen LogP contribution is 2.18. The number of methoxy groups -OCH3 is 2. The van der Waals surface area contributed by atoms with Crippen LogP contribution in [0.25, 0.3) is 0 Å². The van der Waals surface area contributed by atoms with Gasteiger partial charge in [-0.15, -0.1) is 0 Å². The highest BCUT2D eigenvalue weighted by Gasteiger charge is 2.11. The summed E-state index contributed by atoms with van der Waals surface area (Å²) in [7, 11) is 3.18. The van der Waals surface area contributed by atoms with E-state index in [0.29, 0.717) is 23.7 Å². The summed E-state index contributed by atoms with van der Waals surface area (Å²) < 4.78 is 12.1. The lowest BCUT2D eigenvalue weighted by molar-refractivity contribution is -0.115. The van der Waals surface area contributed by atoms with Gasteiger partial charge in [-0.05, 0) is 47.5 Å². The molecule has 3 aromatic carbocycles. The molecule has 0 fully saturated rings. The van der Waals surface area contributed by atoms with Gasteiger partial charge in [-0.25, -0.2) is 4.98 Å². The Morgan fingerprint density at radius 3 is 2.26 bits per heavy atom. The Bertz CT molecular complexity index is 1300. The lowest BCUT2D eigenvalue weighted by Crippen LogP contribution is -2.14.